The number of aryl methyl sites for hydroxylation is 4. The number of fused-ring (bicyclic) bond motifs is 3. The first-order valence-electron chi connectivity index (χ1n) is 10.2. The first kappa shape index (κ1) is 20.3. The maximum absolute atomic E-state index is 12.9. The number of thiophene rings is 1. The number of aromatic nitrogens is 4. The first-order valence-corrected chi connectivity index (χ1v) is 11.1. The van der Waals surface area contributed by atoms with Gasteiger partial charge in [0.25, 0.3) is 5.56 Å². The average Bonchev–Trinajstić information content (AvgIpc) is 3.36. The van der Waals surface area contributed by atoms with E-state index in [1.54, 1.807) is 4.57 Å². The number of anilines is 1. The number of carbonyl (C=O) groups excluding carboxylic acids is 1. The summed E-state index contributed by atoms with van der Waals surface area (Å²) in [6.45, 7) is 6.77. The second-order valence-corrected chi connectivity index (χ2v) is 8.46. The Balaban J connectivity index is 1.60. The number of carbonyl (C=O) groups is 1. The summed E-state index contributed by atoms with van der Waals surface area (Å²) in [5, 5.41) is 13.5. The molecule has 7 nitrogen and oxygen atoms in total. The van der Waals surface area contributed by atoms with Gasteiger partial charge in [0.05, 0.1) is 5.52 Å². The Morgan fingerprint density at radius 2 is 2.00 bits per heavy atom. The van der Waals surface area contributed by atoms with Crippen molar-refractivity contribution in [3.8, 4) is 0 Å². The Bertz CT molecular complexity index is 1280. The third-order valence-electron chi connectivity index (χ3n) is 5.38. The van der Waals surface area contributed by atoms with Crippen molar-refractivity contribution in [1.29, 1.82) is 0 Å². The normalized spacial score (nSPS) is 11.4. The zero-order valence-electron chi connectivity index (χ0n) is 17.4. The summed E-state index contributed by atoms with van der Waals surface area (Å²) in [6, 6.07) is 7.80. The summed E-state index contributed by atoms with van der Waals surface area (Å²) in [5.41, 5.74) is 3.91. The average molecular weight is 424 g/mol. The molecule has 0 bridgehead atoms. The Labute approximate surface area is 178 Å². The van der Waals surface area contributed by atoms with Crippen LogP contribution < -0.4 is 10.9 Å². The molecular weight excluding hydrogens is 398 g/mol. The predicted molar refractivity (Wildman–Crippen MR) is 120 cm³/mol. The molecule has 1 aromatic carbocycles. The second-order valence-electron chi connectivity index (χ2n) is 7.54. The molecule has 3 heterocycles. The van der Waals surface area contributed by atoms with Gasteiger partial charge < -0.3 is 5.32 Å². The van der Waals surface area contributed by atoms with E-state index in [9.17, 15) is 9.59 Å². The van der Waals surface area contributed by atoms with Gasteiger partial charge in [0.15, 0.2) is 0 Å². The molecule has 8 heteroatoms. The van der Waals surface area contributed by atoms with Crippen LogP contribution in [-0.4, -0.2) is 25.1 Å². The van der Waals surface area contributed by atoms with E-state index >= 15 is 0 Å². The number of amides is 1. The fourth-order valence-electron chi connectivity index (χ4n) is 3.53. The molecule has 1 N–H and O–H groups in total. The molecule has 0 fully saturated rings. The van der Waals surface area contributed by atoms with Crippen LogP contribution in [0.4, 0.5) is 5.69 Å². The fraction of sp³-hybridized carbons (Fsp3) is 0.364. The Hall–Kier alpha value is -3.00. The lowest BCUT2D eigenvalue weighted by Crippen LogP contribution is -2.23. The van der Waals surface area contributed by atoms with Crippen molar-refractivity contribution in [1.82, 2.24) is 19.2 Å². The molecule has 0 aliphatic rings. The van der Waals surface area contributed by atoms with E-state index in [1.165, 1.54) is 16.9 Å². The van der Waals surface area contributed by atoms with Crippen molar-refractivity contribution in [3.63, 3.8) is 0 Å². The molecule has 0 aliphatic carbocycles. The molecule has 0 radical (unpaired) electrons. The van der Waals surface area contributed by atoms with Crippen molar-refractivity contribution in [2.75, 3.05) is 5.32 Å². The van der Waals surface area contributed by atoms with E-state index < -0.39 is 0 Å². The van der Waals surface area contributed by atoms with Gasteiger partial charge in [-0.05, 0) is 55.0 Å². The Morgan fingerprint density at radius 3 is 2.77 bits per heavy atom. The van der Waals surface area contributed by atoms with Crippen LogP contribution in [0.1, 0.15) is 43.1 Å². The quantitative estimate of drug-likeness (QED) is 0.485. The summed E-state index contributed by atoms with van der Waals surface area (Å²) >= 11 is 1.43. The molecule has 0 spiro atoms. The van der Waals surface area contributed by atoms with Crippen molar-refractivity contribution in [2.24, 2.45) is 0 Å². The Kier molecular flexibility index (Phi) is 5.67. The van der Waals surface area contributed by atoms with Gasteiger partial charge in [-0.25, -0.2) is 0 Å². The zero-order valence-corrected chi connectivity index (χ0v) is 18.3. The largest absolute Gasteiger partial charge is 0.326 e. The number of nitrogens with zero attached hydrogens (tertiary/aromatic N) is 4. The number of unbranched alkanes of at least 4 members (excludes halogenated alkanes) is 1. The van der Waals surface area contributed by atoms with Gasteiger partial charge in [-0.15, -0.1) is 21.5 Å². The van der Waals surface area contributed by atoms with Crippen molar-refractivity contribution in [3.05, 3.63) is 57.0 Å². The molecule has 0 saturated heterocycles. The number of hydrogen-bond acceptors (Lipinski definition) is 5. The number of hydrogen-bond donors (Lipinski definition) is 1. The van der Waals surface area contributed by atoms with E-state index in [-0.39, 0.29) is 17.9 Å². The van der Waals surface area contributed by atoms with Gasteiger partial charge in [-0.1, -0.05) is 19.4 Å². The van der Waals surface area contributed by atoms with Gasteiger partial charge in [-0.3, -0.25) is 18.6 Å². The van der Waals surface area contributed by atoms with Crippen LogP contribution in [0.5, 0.6) is 0 Å². The number of rotatable bonds is 7. The molecule has 0 saturated carbocycles. The van der Waals surface area contributed by atoms with Gasteiger partial charge in [-0.2, -0.15) is 0 Å². The van der Waals surface area contributed by atoms with Gasteiger partial charge in [0, 0.05) is 25.1 Å². The van der Waals surface area contributed by atoms with Crippen LogP contribution in [0.25, 0.3) is 16.0 Å². The molecule has 0 aliphatic heterocycles. The van der Waals surface area contributed by atoms with E-state index in [2.05, 4.69) is 22.4 Å². The summed E-state index contributed by atoms with van der Waals surface area (Å²) in [6.07, 6.45) is 2.61. The Morgan fingerprint density at radius 1 is 1.17 bits per heavy atom. The predicted octanol–water partition coefficient (Wildman–Crippen LogP) is 4.09. The molecule has 0 atom stereocenters. The van der Waals surface area contributed by atoms with E-state index in [1.807, 2.05) is 47.9 Å². The summed E-state index contributed by atoms with van der Waals surface area (Å²) < 4.78 is 4.32. The smallest absolute Gasteiger partial charge is 0.272 e. The minimum Gasteiger partial charge on any atom is -0.326 e. The summed E-state index contributed by atoms with van der Waals surface area (Å²) in [5.74, 6) is 1.16. The first-order chi connectivity index (χ1) is 14.5. The molecule has 30 heavy (non-hydrogen) atoms. The zero-order chi connectivity index (χ0) is 21.3. The molecule has 4 rings (SSSR count). The molecule has 4 aromatic rings. The van der Waals surface area contributed by atoms with Crippen molar-refractivity contribution >= 4 is 38.9 Å². The van der Waals surface area contributed by atoms with Gasteiger partial charge in [0.2, 0.25) is 11.7 Å². The topological polar surface area (TPSA) is 81.3 Å². The highest BCUT2D eigenvalue weighted by Crippen LogP contribution is 2.21. The molecular formula is C22H25N5O2S. The van der Waals surface area contributed by atoms with Crippen LogP contribution in [0.3, 0.4) is 0 Å². The van der Waals surface area contributed by atoms with Crippen molar-refractivity contribution < 1.29 is 4.79 Å². The van der Waals surface area contributed by atoms with E-state index in [0.29, 0.717) is 29.3 Å². The standard InChI is InChI=1S/C22H25N5O2S/c1-4-5-11-26-21(29)20-17(10-12-30-20)27-18(24-25-22(26)27)8-9-19(28)23-16-7-6-14(2)15(3)13-16/h6-7,10,12-13H,4-5,8-9,11H2,1-3H3,(H,23,28). The van der Waals surface area contributed by atoms with E-state index in [4.69, 9.17) is 0 Å². The molecule has 0 unspecified atom stereocenters. The van der Waals surface area contributed by atoms with Crippen molar-refractivity contribution in [2.45, 2.75) is 53.0 Å². The third-order valence-corrected chi connectivity index (χ3v) is 6.27. The minimum absolute atomic E-state index is 0.0209. The van der Waals surface area contributed by atoms with Gasteiger partial charge in [0.1, 0.15) is 10.5 Å². The van der Waals surface area contributed by atoms with Crippen LogP contribution in [0.15, 0.2) is 34.4 Å². The number of nitrogens with one attached hydrogen (secondary N) is 1. The summed E-state index contributed by atoms with van der Waals surface area (Å²) in [7, 11) is 0. The lowest BCUT2D eigenvalue weighted by molar-refractivity contribution is -0.116. The highest BCUT2D eigenvalue weighted by molar-refractivity contribution is 7.17. The van der Waals surface area contributed by atoms with Gasteiger partial charge >= 0.3 is 0 Å². The maximum atomic E-state index is 12.9. The van der Waals surface area contributed by atoms with Crippen LogP contribution in [-0.2, 0) is 17.8 Å². The lowest BCUT2D eigenvalue weighted by Gasteiger charge is -2.09. The fourth-order valence-corrected chi connectivity index (χ4v) is 4.35. The van der Waals surface area contributed by atoms with E-state index in [0.717, 1.165) is 29.6 Å². The summed E-state index contributed by atoms with van der Waals surface area (Å²) in [4.78, 5) is 25.4. The molecule has 156 valence electrons. The monoisotopic (exact) mass is 423 g/mol. The maximum Gasteiger partial charge on any atom is 0.272 e. The highest BCUT2D eigenvalue weighted by Gasteiger charge is 2.18. The van der Waals surface area contributed by atoms with Crippen LogP contribution in [0.2, 0.25) is 0 Å². The second kappa shape index (κ2) is 8.39. The number of benzene rings is 1. The minimum atomic E-state index is -0.0733. The van der Waals surface area contributed by atoms with Crippen LogP contribution >= 0.6 is 11.3 Å². The van der Waals surface area contributed by atoms with Crippen LogP contribution in [0, 0.1) is 13.8 Å². The lowest BCUT2D eigenvalue weighted by atomic mass is 10.1. The molecule has 3 aromatic heterocycles. The highest BCUT2D eigenvalue weighted by atomic mass is 32.1. The molecule has 1 amide bonds. The SMILES string of the molecule is CCCCn1c(=O)c2sccc2n2c(CCC(=O)Nc3ccc(C)c(C)c3)nnc12. The third kappa shape index (κ3) is 3.75.